The maximum absolute atomic E-state index is 13.7. The second-order valence-electron chi connectivity index (χ2n) is 4.04. The van der Waals surface area contributed by atoms with Crippen molar-refractivity contribution in [2.75, 3.05) is 0 Å². The number of fused-ring (bicyclic) bond motifs is 1. The summed E-state index contributed by atoms with van der Waals surface area (Å²) in [6, 6.07) is 7.02. The molecule has 1 aliphatic rings. The van der Waals surface area contributed by atoms with Crippen LogP contribution in [-0.4, -0.2) is 4.57 Å². The Morgan fingerprint density at radius 3 is 2.94 bits per heavy atom. The summed E-state index contributed by atoms with van der Waals surface area (Å²) >= 11 is 0. The minimum Gasteiger partial charge on any atom is -0.347 e. The Labute approximate surface area is 98.2 Å². The first kappa shape index (κ1) is 9.96. The van der Waals surface area contributed by atoms with Crippen molar-refractivity contribution in [3.05, 3.63) is 60.6 Å². The van der Waals surface area contributed by atoms with E-state index < -0.39 is 0 Å². The molecule has 1 aromatic carbocycles. The molecule has 3 rings (SSSR count). The van der Waals surface area contributed by atoms with Gasteiger partial charge < -0.3 is 15.2 Å². The smallest absolute Gasteiger partial charge is 0.147 e. The number of para-hydroxylation sites is 1. The van der Waals surface area contributed by atoms with Crippen molar-refractivity contribution >= 4 is 10.9 Å². The first-order valence-electron chi connectivity index (χ1n) is 5.39. The Bertz CT molecular complexity index is 625. The van der Waals surface area contributed by atoms with E-state index in [1.807, 2.05) is 29.1 Å². The first-order valence-corrected chi connectivity index (χ1v) is 5.39. The molecule has 0 aliphatic carbocycles. The van der Waals surface area contributed by atoms with Crippen LogP contribution < -0.4 is 10.6 Å². The Kier molecular flexibility index (Phi) is 2.14. The number of rotatable bonds is 2. The van der Waals surface area contributed by atoms with E-state index in [0.29, 0.717) is 12.1 Å². The SMILES string of the molecule is C=C1NC=C(Cn2ccc3cccc(F)c32)N1. The maximum atomic E-state index is 13.7. The van der Waals surface area contributed by atoms with Crippen LogP contribution in [0.3, 0.4) is 0 Å². The second kappa shape index (κ2) is 3.66. The molecular formula is C13H12FN3. The number of hydrogen-bond donors (Lipinski definition) is 2. The normalized spacial score (nSPS) is 14.6. The summed E-state index contributed by atoms with van der Waals surface area (Å²) in [5, 5.41) is 6.97. The Balaban J connectivity index is 1.98. The molecule has 0 unspecified atom stereocenters. The molecule has 2 aromatic rings. The standard InChI is InChI=1S/C13H12FN3/c1-9-15-7-11(16-9)8-17-6-5-10-3-2-4-12(14)13(10)17/h2-7,15-16H,1,8H2. The molecule has 4 heteroatoms. The number of nitrogens with zero attached hydrogens (tertiary/aromatic N) is 1. The van der Waals surface area contributed by atoms with Crippen molar-refractivity contribution in [3.8, 4) is 0 Å². The van der Waals surface area contributed by atoms with Crippen LogP contribution in [0.2, 0.25) is 0 Å². The van der Waals surface area contributed by atoms with Crippen molar-refractivity contribution in [2.45, 2.75) is 6.54 Å². The third-order valence-electron chi connectivity index (χ3n) is 2.81. The zero-order valence-electron chi connectivity index (χ0n) is 9.20. The number of benzene rings is 1. The highest BCUT2D eigenvalue weighted by Crippen LogP contribution is 2.20. The zero-order valence-corrected chi connectivity index (χ0v) is 9.20. The molecule has 0 bridgehead atoms. The largest absolute Gasteiger partial charge is 0.347 e. The van der Waals surface area contributed by atoms with E-state index in [2.05, 4.69) is 17.2 Å². The predicted octanol–water partition coefficient (Wildman–Crippen LogP) is 2.29. The number of aromatic nitrogens is 1. The molecule has 2 heterocycles. The van der Waals surface area contributed by atoms with Crippen LogP contribution in [-0.2, 0) is 6.54 Å². The van der Waals surface area contributed by atoms with Crippen LogP contribution in [0.1, 0.15) is 0 Å². The van der Waals surface area contributed by atoms with Crippen molar-refractivity contribution < 1.29 is 4.39 Å². The molecule has 0 spiro atoms. The molecule has 3 nitrogen and oxygen atoms in total. The first-order chi connectivity index (χ1) is 8.24. The van der Waals surface area contributed by atoms with E-state index in [-0.39, 0.29) is 5.82 Å². The molecule has 0 fully saturated rings. The molecule has 0 atom stereocenters. The van der Waals surface area contributed by atoms with Gasteiger partial charge >= 0.3 is 0 Å². The van der Waals surface area contributed by atoms with Gasteiger partial charge in [0.15, 0.2) is 0 Å². The number of allylic oxidation sites excluding steroid dienone is 1. The Morgan fingerprint density at radius 1 is 1.29 bits per heavy atom. The van der Waals surface area contributed by atoms with Gasteiger partial charge in [0.1, 0.15) is 5.82 Å². The van der Waals surface area contributed by atoms with Crippen molar-refractivity contribution in [2.24, 2.45) is 0 Å². The molecule has 2 N–H and O–H groups in total. The molecule has 0 saturated heterocycles. The summed E-state index contributed by atoms with van der Waals surface area (Å²) < 4.78 is 15.6. The Hall–Kier alpha value is -2.23. The molecule has 0 amide bonds. The molecule has 86 valence electrons. The third kappa shape index (κ3) is 1.67. The highest BCUT2D eigenvalue weighted by atomic mass is 19.1. The molecule has 0 saturated carbocycles. The van der Waals surface area contributed by atoms with Crippen LogP contribution in [0, 0.1) is 5.82 Å². The summed E-state index contributed by atoms with van der Waals surface area (Å²) in [6.45, 7) is 4.35. The van der Waals surface area contributed by atoms with Crippen LogP contribution in [0.4, 0.5) is 4.39 Å². The van der Waals surface area contributed by atoms with Crippen molar-refractivity contribution in [1.82, 2.24) is 15.2 Å². The average Bonchev–Trinajstić information content (AvgIpc) is 2.88. The molecular weight excluding hydrogens is 217 g/mol. The highest BCUT2D eigenvalue weighted by molar-refractivity contribution is 5.80. The van der Waals surface area contributed by atoms with Crippen LogP contribution in [0.15, 0.2) is 54.8 Å². The Morgan fingerprint density at radius 2 is 2.18 bits per heavy atom. The van der Waals surface area contributed by atoms with E-state index in [4.69, 9.17) is 0 Å². The van der Waals surface area contributed by atoms with Crippen molar-refractivity contribution in [3.63, 3.8) is 0 Å². The fraction of sp³-hybridized carbons (Fsp3) is 0.0769. The monoisotopic (exact) mass is 229 g/mol. The maximum Gasteiger partial charge on any atom is 0.147 e. The van der Waals surface area contributed by atoms with E-state index in [9.17, 15) is 4.39 Å². The van der Waals surface area contributed by atoms with Gasteiger partial charge in [0.25, 0.3) is 0 Å². The van der Waals surface area contributed by atoms with Gasteiger partial charge in [-0.15, -0.1) is 0 Å². The van der Waals surface area contributed by atoms with E-state index in [0.717, 1.165) is 16.9 Å². The number of halogens is 1. The average molecular weight is 229 g/mol. The zero-order chi connectivity index (χ0) is 11.8. The second-order valence-corrected chi connectivity index (χ2v) is 4.04. The lowest BCUT2D eigenvalue weighted by Gasteiger charge is -2.07. The minimum atomic E-state index is -0.196. The lowest BCUT2D eigenvalue weighted by atomic mass is 10.2. The molecule has 17 heavy (non-hydrogen) atoms. The summed E-state index contributed by atoms with van der Waals surface area (Å²) in [5.74, 6) is 0.551. The van der Waals surface area contributed by atoms with Crippen LogP contribution in [0.25, 0.3) is 10.9 Å². The molecule has 1 aromatic heterocycles. The van der Waals surface area contributed by atoms with Gasteiger partial charge in [-0.05, 0) is 12.1 Å². The quantitative estimate of drug-likeness (QED) is 0.827. The van der Waals surface area contributed by atoms with Crippen molar-refractivity contribution in [1.29, 1.82) is 0 Å². The summed E-state index contributed by atoms with van der Waals surface area (Å²) in [4.78, 5) is 0. The van der Waals surface area contributed by atoms with Gasteiger partial charge in [-0.3, -0.25) is 0 Å². The van der Waals surface area contributed by atoms with Crippen LogP contribution >= 0.6 is 0 Å². The predicted molar refractivity (Wildman–Crippen MR) is 65.4 cm³/mol. The van der Waals surface area contributed by atoms with Gasteiger partial charge in [-0.25, -0.2) is 4.39 Å². The molecule has 1 aliphatic heterocycles. The highest BCUT2D eigenvalue weighted by Gasteiger charge is 2.10. The van der Waals surface area contributed by atoms with E-state index in [1.54, 1.807) is 6.07 Å². The lowest BCUT2D eigenvalue weighted by Crippen LogP contribution is -2.13. The van der Waals surface area contributed by atoms with Gasteiger partial charge in [0.2, 0.25) is 0 Å². The number of hydrogen-bond acceptors (Lipinski definition) is 2. The summed E-state index contributed by atoms with van der Waals surface area (Å²) in [6.07, 6.45) is 3.73. The third-order valence-corrected chi connectivity index (χ3v) is 2.81. The summed E-state index contributed by atoms with van der Waals surface area (Å²) in [7, 11) is 0. The topological polar surface area (TPSA) is 29.0 Å². The molecule has 0 radical (unpaired) electrons. The lowest BCUT2D eigenvalue weighted by molar-refractivity contribution is 0.626. The van der Waals surface area contributed by atoms with Crippen LogP contribution in [0.5, 0.6) is 0 Å². The fourth-order valence-electron chi connectivity index (χ4n) is 2.05. The van der Waals surface area contributed by atoms with Gasteiger partial charge in [0.05, 0.1) is 23.6 Å². The minimum absolute atomic E-state index is 0.196. The number of nitrogens with one attached hydrogen (secondary N) is 2. The summed E-state index contributed by atoms with van der Waals surface area (Å²) in [5.41, 5.74) is 1.60. The van der Waals surface area contributed by atoms with Gasteiger partial charge in [0, 0.05) is 17.8 Å². The van der Waals surface area contributed by atoms with Gasteiger partial charge in [-0.1, -0.05) is 18.7 Å². The van der Waals surface area contributed by atoms with Gasteiger partial charge in [-0.2, -0.15) is 0 Å². The fourth-order valence-corrected chi connectivity index (χ4v) is 2.05. The van der Waals surface area contributed by atoms with E-state index in [1.165, 1.54) is 6.07 Å². The van der Waals surface area contributed by atoms with E-state index >= 15 is 0 Å².